The number of aryl methyl sites for hydroxylation is 1. The Kier molecular flexibility index (Phi) is 4.43. The Hall–Kier alpha value is -0.840. The van der Waals surface area contributed by atoms with Gasteiger partial charge in [-0.15, -0.1) is 11.3 Å². The van der Waals surface area contributed by atoms with Gasteiger partial charge in [0.25, 0.3) is 0 Å². The van der Waals surface area contributed by atoms with Gasteiger partial charge in [0, 0.05) is 14.2 Å². The minimum absolute atomic E-state index is 0.204. The Bertz CT molecular complexity index is 519. The summed E-state index contributed by atoms with van der Waals surface area (Å²) in [6, 6.07) is 10.6. The molecule has 18 heavy (non-hydrogen) atoms. The molecule has 0 aliphatic carbocycles. The highest BCUT2D eigenvalue weighted by Crippen LogP contribution is 2.34. The second kappa shape index (κ2) is 5.87. The van der Waals surface area contributed by atoms with E-state index < -0.39 is 0 Å². The van der Waals surface area contributed by atoms with E-state index in [1.54, 1.807) is 18.4 Å². The molecular weight excluding hydrogens is 310 g/mol. The van der Waals surface area contributed by atoms with Crippen LogP contribution in [0, 0.1) is 6.92 Å². The molecule has 0 radical (unpaired) electrons. The quantitative estimate of drug-likeness (QED) is 0.912. The summed E-state index contributed by atoms with van der Waals surface area (Å²) in [5, 5.41) is 3.36. The number of benzene rings is 1. The highest BCUT2D eigenvalue weighted by atomic mass is 79.9. The highest BCUT2D eigenvalue weighted by molar-refractivity contribution is 9.10. The fraction of sp³-hybridized carbons (Fsp3) is 0.286. The van der Waals surface area contributed by atoms with Crippen molar-refractivity contribution in [1.82, 2.24) is 5.32 Å². The molecule has 1 atom stereocenters. The van der Waals surface area contributed by atoms with Crippen LogP contribution in [0.2, 0.25) is 0 Å². The summed E-state index contributed by atoms with van der Waals surface area (Å²) in [6.45, 7) is 2.12. The van der Waals surface area contributed by atoms with Crippen molar-refractivity contribution in [3.63, 3.8) is 0 Å². The van der Waals surface area contributed by atoms with E-state index in [1.807, 2.05) is 19.2 Å². The maximum absolute atomic E-state index is 5.28. The number of ether oxygens (including phenoxy) is 1. The van der Waals surface area contributed by atoms with Gasteiger partial charge in [0.2, 0.25) is 0 Å². The zero-order valence-corrected chi connectivity index (χ0v) is 13.1. The van der Waals surface area contributed by atoms with Gasteiger partial charge >= 0.3 is 0 Å². The largest absolute Gasteiger partial charge is 0.497 e. The molecule has 1 aromatic carbocycles. The predicted molar refractivity (Wildman–Crippen MR) is 80.7 cm³/mol. The van der Waals surface area contributed by atoms with E-state index in [2.05, 4.69) is 46.4 Å². The number of hydrogen-bond donors (Lipinski definition) is 1. The molecular formula is C14H16BrNOS. The van der Waals surface area contributed by atoms with Gasteiger partial charge in [-0.3, -0.25) is 0 Å². The zero-order chi connectivity index (χ0) is 13.1. The van der Waals surface area contributed by atoms with Crippen LogP contribution in [-0.2, 0) is 0 Å². The lowest BCUT2D eigenvalue weighted by Gasteiger charge is -2.15. The second-order valence-corrected chi connectivity index (χ2v) is 6.19. The Morgan fingerprint density at radius 1 is 1.33 bits per heavy atom. The standard InChI is InChI=1S/C14H16BrNOS/c1-9-12(15)8-13(18-9)14(16-2)10-5-4-6-11(7-10)17-3/h4-8,14,16H,1-3H3. The Balaban J connectivity index is 2.38. The lowest BCUT2D eigenvalue weighted by atomic mass is 10.1. The average molecular weight is 326 g/mol. The Morgan fingerprint density at radius 3 is 2.67 bits per heavy atom. The van der Waals surface area contributed by atoms with E-state index in [0.717, 1.165) is 5.75 Å². The molecule has 0 saturated heterocycles. The van der Waals surface area contributed by atoms with Crippen molar-refractivity contribution < 1.29 is 4.74 Å². The average Bonchev–Trinajstić information content (AvgIpc) is 2.70. The van der Waals surface area contributed by atoms with E-state index in [9.17, 15) is 0 Å². The van der Waals surface area contributed by atoms with E-state index in [4.69, 9.17) is 4.74 Å². The van der Waals surface area contributed by atoms with Crippen LogP contribution in [0.4, 0.5) is 0 Å². The van der Waals surface area contributed by atoms with Crippen LogP contribution >= 0.6 is 27.3 Å². The molecule has 0 amide bonds. The van der Waals surface area contributed by atoms with Crippen LogP contribution in [0.5, 0.6) is 5.75 Å². The van der Waals surface area contributed by atoms with Crippen molar-refractivity contribution >= 4 is 27.3 Å². The predicted octanol–water partition coefficient (Wildman–Crippen LogP) is 4.14. The lowest BCUT2D eigenvalue weighted by Crippen LogP contribution is -2.16. The lowest BCUT2D eigenvalue weighted by molar-refractivity contribution is 0.414. The summed E-state index contributed by atoms with van der Waals surface area (Å²) in [5.74, 6) is 0.889. The zero-order valence-electron chi connectivity index (χ0n) is 10.7. The molecule has 0 bridgehead atoms. The first-order chi connectivity index (χ1) is 8.65. The summed E-state index contributed by atoms with van der Waals surface area (Å²) in [6.07, 6.45) is 0. The SMILES string of the molecule is CNC(c1cccc(OC)c1)c1cc(Br)c(C)s1. The van der Waals surface area contributed by atoms with E-state index in [0.29, 0.717) is 0 Å². The van der Waals surface area contributed by atoms with Crippen molar-refractivity contribution in [1.29, 1.82) is 0 Å². The molecule has 0 aliphatic heterocycles. The van der Waals surface area contributed by atoms with Crippen LogP contribution in [0.25, 0.3) is 0 Å². The van der Waals surface area contributed by atoms with Gasteiger partial charge in [0.15, 0.2) is 0 Å². The third-order valence-corrected chi connectivity index (χ3v) is 5.08. The van der Waals surface area contributed by atoms with Gasteiger partial charge in [-0.05, 0) is 53.7 Å². The number of halogens is 1. The molecule has 1 aromatic heterocycles. The maximum atomic E-state index is 5.28. The first-order valence-electron chi connectivity index (χ1n) is 5.72. The number of methoxy groups -OCH3 is 1. The number of nitrogens with one attached hydrogen (secondary N) is 1. The molecule has 2 rings (SSSR count). The number of thiophene rings is 1. The van der Waals surface area contributed by atoms with E-state index in [1.165, 1.54) is 19.8 Å². The fourth-order valence-electron chi connectivity index (χ4n) is 1.92. The summed E-state index contributed by atoms with van der Waals surface area (Å²) in [7, 11) is 3.67. The first-order valence-corrected chi connectivity index (χ1v) is 7.33. The summed E-state index contributed by atoms with van der Waals surface area (Å²) < 4.78 is 6.45. The molecule has 0 fully saturated rings. The normalized spacial score (nSPS) is 12.4. The van der Waals surface area contributed by atoms with Crippen molar-refractivity contribution in [3.8, 4) is 5.75 Å². The summed E-state index contributed by atoms with van der Waals surface area (Å²) in [4.78, 5) is 2.60. The minimum Gasteiger partial charge on any atom is -0.497 e. The smallest absolute Gasteiger partial charge is 0.119 e. The topological polar surface area (TPSA) is 21.3 Å². The van der Waals surface area contributed by atoms with Crippen molar-refractivity contribution in [2.45, 2.75) is 13.0 Å². The minimum atomic E-state index is 0.204. The molecule has 1 N–H and O–H groups in total. The van der Waals surface area contributed by atoms with Crippen LogP contribution in [0.15, 0.2) is 34.8 Å². The third-order valence-electron chi connectivity index (χ3n) is 2.88. The van der Waals surface area contributed by atoms with Crippen LogP contribution in [0.1, 0.15) is 21.4 Å². The Labute approximate surface area is 120 Å². The number of rotatable bonds is 4. The third kappa shape index (κ3) is 2.76. The molecule has 4 heteroatoms. The van der Waals surface area contributed by atoms with Crippen LogP contribution in [-0.4, -0.2) is 14.2 Å². The van der Waals surface area contributed by atoms with Gasteiger partial charge in [-0.2, -0.15) is 0 Å². The molecule has 2 aromatic rings. The van der Waals surface area contributed by atoms with Crippen LogP contribution in [0.3, 0.4) is 0 Å². The number of hydrogen-bond acceptors (Lipinski definition) is 3. The van der Waals surface area contributed by atoms with Gasteiger partial charge in [0.1, 0.15) is 5.75 Å². The summed E-state index contributed by atoms with van der Waals surface area (Å²) in [5.41, 5.74) is 1.21. The van der Waals surface area contributed by atoms with Gasteiger partial charge in [-0.1, -0.05) is 12.1 Å². The monoisotopic (exact) mass is 325 g/mol. The van der Waals surface area contributed by atoms with Gasteiger partial charge in [-0.25, -0.2) is 0 Å². The maximum Gasteiger partial charge on any atom is 0.119 e. The molecule has 1 unspecified atom stereocenters. The highest BCUT2D eigenvalue weighted by Gasteiger charge is 2.16. The molecule has 1 heterocycles. The van der Waals surface area contributed by atoms with Gasteiger partial charge in [0.05, 0.1) is 13.2 Å². The van der Waals surface area contributed by atoms with E-state index >= 15 is 0 Å². The molecule has 0 aliphatic rings. The fourth-order valence-corrected chi connectivity index (χ4v) is 3.62. The van der Waals surface area contributed by atoms with Gasteiger partial charge < -0.3 is 10.1 Å². The molecule has 96 valence electrons. The summed E-state index contributed by atoms with van der Waals surface area (Å²) >= 11 is 5.38. The van der Waals surface area contributed by atoms with Crippen molar-refractivity contribution in [2.75, 3.05) is 14.2 Å². The molecule has 0 spiro atoms. The van der Waals surface area contributed by atoms with Crippen LogP contribution < -0.4 is 10.1 Å². The first kappa shape index (κ1) is 13.6. The Morgan fingerprint density at radius 2 is 2.11 bits per heavy atom. The molecule has 2 nitrogen and oxygen atoms in total. The van der Waals surface area contributed by atoms with E-state index in [-0.39, 0.29) is 6.04 Å². The van der Waals surface area contributed by atoms with Crippen molar-refractivity contribution in [3.05, 3.63) is 50.1 Å². The molecule has 0 saturated carbocycles. The van der Waals surface area contributed by atoms with Crippen molar-refractivity contribution in [2.24, 2.45) is 0 Å². The second-order valence-electron chi connectivity index (χ2n) is 4.05.